The summed E-state index contributed by atoms with van der Waals surface area (Å²) in [4.78, 5) is 35.8. The number of piperidine rings is 1. The number of anilines is 1. The fraction of sp³-hybridized carbons (Fsp3) is 0.500. The SMILES string of the molecule is CC(C)NC(=O)c1ccc(N2CCCC(C(=O)O)C2)c([N+](=O)[O-])c1. The van der Waals surface area contributed by atoms with E-state index in [-0.39, 0.29) is 29.7 Å². The summed E-state index contributed by atoms with van der Waals surface area (Å²) in [5.41, 5.74) is 0.385. The molecule has 0 spiro atoms. The monoisotopic (exact) mass is 335 g/mol. The van der Waals surface area contributed by atoms with Gasteiger partial charge in [0.25, 0.3) is 11.6 Å². The molecule has 1 aromatic rings. The smallest absolute Gasteiger partial charge is 0.308 e. The van der Waals surface area contributed by atoms with Crippen LogP contribution in [0.3, 0.4) is 0 Å². The number of nitro benzene ring substituents is 1. The van der Waals surface area contributed by atoms with Gasteiger partial charge in [-0.25, -0.2) is 0 Å². The van der Waals surface area contributed by atoms with E-state index in [0.717, 1.165) is 0 Å². The van der Waals surface area contributed by atoms with E-state index in [1.54, 1.807) is 18.7 Å². The fourth-order valence-electron chi connectivity index (χ4n) is 2.82. The molecule has 24 heavy (non-hydrogen) atoms. The van der Waals surface area contributed by atoms with E-state index >= 15 is 0 Å². The highest BCUT2D eigenvalue weighted by Gasteiger charge is 2.29. The van der Waals surface area contributed by atoms with Crippen LogP contribution in [0, 0.1) is 16.0 Å². The van der Waals surface area contributed by atoms with Gasteiger partial charge in [0, 0.05) is 30.8 Å². The molecule has 1 aliphatic rings. The predicted octanol–water partition coefficient (Wildman–Crippen LogP) is 2.03. The molecule has 1 saturated heterocycles. The number of hydrogen-bond donors (Lipinski definition) is 2. The van der Waals surface area contributed by atoms with Crippen molar-refractivity contribution < 1.29 is 19.6 Å². The van der Waals surface area contributed by atoms with Gasteiger partial charge in [-0.05, 0) is 38.8 Å². The van der Waals surface area contributed by atoms with E-state index in [1.807, 2.05) is 0 Å². The normalized spacial score (nSPS) is 17.6. The van der Waals surface area contributed by atoms with Crippen molar-refractivity contribution in [3.05, 3.63) is 33.9 Å². The Balaban J connectivity index is 2.31. The van der Waals surface area contributed by atoms with Crippen molar-refractivity contribution in [3.8, 4) is 0 Å². The predicted molar refractivity (Wildman–Crippen MR) is 88.3 cm³/mol. The second-order valence-corrected chi connectivity index (χ2v) is 6.21. The first-order valence-corrected chi connectivity index (χ1v) is 7.86. The lowest BCUT2D eigenvalue weighted by Crippen LogP contribution is -2.39. The summed E-state index contributed by atoms with van der Waals surface area (Å²) in [6, 6.07) is 4.23. The molecule has 8 heteroatoms. The van der Waals surface area contributed by atoms with Gasteiger partial charge >= 0.3 is 5.97 Å². The lowest BCUT2D eigenvalue weighted by Gasteiger charge is -2.32. The fourth-order valence-corrected chi connectivity index (χ4v) is 2.82. The quantitative estimate of drug-likeness (QED) is 0.629. The number of carbonyl (C=O) groups is 2. The van der Waals surface area contributed by atoms with Crippen molar-refractivity contribution in [2.75, 3.05) is 18.0 Å². The van der Waals surface area contributed by atoms with Gasteiger partial charge in [0.05, 0.1) is 10.8 Å². The summed E-state index contributed by atoms with van der Waals surface area (Å²) in [6.07, 6.45) is 1.22. The molecule has 130 valence electrons. The molecule has 1 fully saturated rings. The topological polar surface area (TPSA) is 113 Å². The first-order chi connectivity index (χ1) is 11.3. The van der Waals surface area contributed by atoms with Gasteiger partial charge in [0.2, 0.25) is 0 Å². The van der Waals surface area contributed by atoms with Crippen LogP contribution in [0.1, 0.15) is 37.0 Å². The minimum Gasteiger partial charge on any atom is -0.481 e. The van der Waals surface area contributed by atoms with Crippen molar-refractivity contribution in [2.24, 2.45) is 5.92 Å². The van der Waals surface area contributed by atoms with E-state index in [2.05, 4.69) is 5.32 Å². The van der Waals surface area contributed by atoms with Crippen LogP contribution in [0.2, 0.25) is 0 Å². The van der Waals surface area contributed by atoms with Crippen LogP contribution in [-0.4, -0.2) is 41.0 Å². The molecule has 0 aromatic heterocycles. The van der Waals surface area contributed by atoms with Crippen molar-refractivity contribution in [2.45, 2.75) is 32.7 Å². The molecule has 2 N–H and O–H groups in total. The van der Waals surface area contributed by atoms with Gasteiger partial charge in [-0.1, -0.05) is 0 Å². The number of amides is 1. The number of carboxylic acid groups (broad SMARTS) is 1. The van der Waals surface area contributed by atoms with Crippen LogP contribution in [0.4, 0.5) is 11.4 Å². The van der Waals surface area contributed by atoms with Crippen LogP contribution in [0.15, 0.2) is 18.2 Å². The molecule has 1 unspecified atom stereocenters. The highest BCUT2D eigenvalue weighted by molar-refractivity contribution is 5.96. The maximum absolute atomic E-state index is 12.0. The number of nitrogens with one attached hydrogen (secondary N) is 1. The molecule has 1 amide bonds. The van der Waals surface area contributed by atoms with Crippen LogP contribution >= 0.6 is 0 Å². The summed E-state index contributed by atoms with van der Waals surface area (Å²) in [7, 11) is 0. The number of carbonyl (C=O) groups excluding carboxylic acids is 1. The molecule has 1 heterocycles. The van der Waals surface area contributed by atoms with Gasteiger partial charge in [0.1, 0.15) is 5.69 Å². The number of hydrogen-bond acceptors (Lipinski definition) is 5. The number of benzene rings is 1. The Morgan fingerprint density at radius 2 is 2.12 bits per heavy atom. The Bertz CT molecular complexity index is 659. The van der Waals surface area contributed by atoms with Crippen molar-refractivity contribution >= 4 is 23.3 Å². The molecular formula is C16H21N3O5. The molecule has 0 radical (unpaired) electrons. The van der Waals surface area contributed by atoms with Gasteiger partial charge in [0.15, 0.2) is 0 Å². The second-order valence-electron chi connectivity index (χ2n) is 6.21. The van der Waals surface area contributed by atoms with E-state index in [4.69, 9.17) is 5.11 Å². The molecule has 0 aliphatic carbocycles. The Hall–Kier alpha value is -2.64. The summed E-state index contributed by atoms with van der Waals surface area (Å²) in [5.74, 6) is -1.81. The van der Waals surface area contributed by atoms with Crippen LogP contribution in [0.5, 0.6) is 0 Å². The molecule has 1 aliphatic heterocycles. The van der Waals surface area contributed by atoms with E-state index < -0.39 is 16.8 Å². The molecule has 1 aromatic carbocycles. The molecule has 0 bridgehead atoms. The maximum Gasteiger partial charge on any atom is 0.308 e. The first kappa shape index (κ1) is 17.7. The Morgan fingerprint density at radius 3 is 2.71 bits per heavy atom. The third kappa shape index (κ3) is 4.01. The lowest BCUT2D eigenvalue weighted by molar-refractivity contribution is -0.384. The Labute approximate surface area is 139 Å². The van der Waals surface area contributed by atoms with E-state index in [9.17, 15) is 19.7 Å². The van der Waals surface area contributed by atoms with Gasteiger partial charge in [-0.15, -0.1) is 0 Å². The van der Waals surface area contributed by atoms with Crippen LogP contribution in [0.25, 0.3) is 0 Å². The number of carboxylic acids is 1. The Morgan fingerprint density at radius 1 is 1.42 bits per heavy atom. The average molecular weight is 335 g/mol. The molecule has 1 atom stereocenters. The van der Waals surface area contributed by atoms with E-state index in [0.29, 0.717) is 25.1 Å². The molecular weight excluding hydrogens is 314 g/mol. The van der Waals surface area contributed by atoms with Crippen LogP contribution in [-0.2, 0) is 4.79 Å². The van der Waals surface area contributed by atoms with Crippen molar-refractivity contribution in [1.82, 2.24) is 5.32 Å². The summed E-state index contributed by atoms with van der Waals surface area (Å²) in [5, 5.41) is 23.3. The number of rotatable bonds is 5. The summed E-state index contributed by atoms with van der Waals surface area (Å²) in [6.45, 7) is 4.40. The summed E-state index contributed by atoms with van der Waals surface area (Å²) < 4.78 is 0. The summed E-state index contributed by atoms with van der Waals surface area (Å²) >= 11 is 0. The zero-order valence-electron chi connectivity index (χ0n) is 13.7. The third-order valence-corrected chi connectivity index (χ3v) is 3.97. The zero-order valence-corrected chi connectivity index (χ0v) is 13.7. The number of nitro groups is 1. The standard InChI is InChI=1S/C16H21N3O5/c1-10(2)17-15(20)11-5-6-13(14(8-11)19(23)24)18-7-3-4-12(9-18)16(21)22/h5-6,8,10,12H,3-4,7,9H2,1-2H3,(H,17,20)(H,21,22). The third-order valence-electron chi connectivity index (χ3n) is 3.97. The molecule has 0 saturated carbocycles. The first-order valence-electron chi connectivity index (χ1n) is 7.86. The zero-order chi connectivity index (χ0) is 17.9. The Kier molecular flexibility index (Phi) is 5.38. The highest BCUT2D eigenvalue weighted by atomic mass is 16.6. The van der Waals surface area contributed by atoms with Gasteiger partial charge < -0.3 is 15.3 Å². The second kappa shape index (κ2) is 7.29. The van der Waals surface area contributed by atoms with E-state index in [1.165, 1.54) is 18.2 Å². The number of aliphatic carboxylic acids is 1. The van der Waals surface area contributed by atoms with Gasteiger partial charge in [-0.2, -0.15) is 0 Å². The lowest BCUT2D eigenvalue weighted by atomic mass is 9.97. The van der Waals surface area contributed by atoms with Crippen molar-refractivity contribution in [1.29, 1.82) is 0 Å². The van der Waals surface area contributed by atoms with Crippen LogP contribution < -0.4 is 10.2 Å². The van der Waals surface area contributed by atoms with Crippen molar-refractivity contribution in [3.63, 3.8) is 0 Å². The minimum atomic E-state index is -0.893. The molecule has 8 nitrogen and oxygen atoms in total. The maximum atomic E-state index is 12.0. The minimum absolute atomic E-state index is 0.0744. The average Bonchev–Trinajstić information content (AvgIpc) is 2.53. The largest absolute Gasteiger partial charge is 0.481 e. The highest BCUT2D eigenvalue weighted by Crippen LogP contribution is 2.32. The number of nitrogens with zero attached hydrogens (tertiary/aromatic N) is 2. The molecule has 2 rings (SSSR count). The van der Waals surface area contributed by atoms with Gasteiger partial charge in [-0.3, -0.25) is 19.7 Å².